The van der Waals surface area contributed by atoms with E-state index in [0.717, 1.165) is 43.0 Å². The predicted molar refractivity (Wildman–Crippen MR) is 101 cm³/mol. The number of aromatic nitrogens is 5. The summed E-state index contributed by atoms with van der Waals surface area (Å²) in [6.07, 6.45) is 2.36. The third kappa shape index (κ3) is 3.57. The van der Waals surface area contributed by atoms with Crippen LogP contribution < -0.4 is 4.90 Å². The molecule has 1 aliphatic heterocycles. The molecule has 8 nitrogen and oxygen atoms in total. The molecule has 0 N–H and O–H groups in total. The van der Waals surface area contributed by atoms with E-state index in [9.17, 15) is 0 Å². The molecule has 0 radical (unpaired) electrons. The molecule has 0 spiro atoms. The fraction of sp³-hybridized carbons (Fsp3) is 0.444. The zero-order valence-electron chi connectivity index (χ0n) is 14.8. The summed E-state index contributed by atoms with van der Waals surface area (Å²) in [6, 6.07) is 10.3. The Morgan fingerprint density at radius 1 is 1.00 bits per heavy atom. The Bertz CT molecular complexity index is 902. The van der Waals surface area contributed by atoms with Crippen LogP contribution in [0.5, 0.6) is 0 Å². The Hall–Kier alpha value is -2.39. The van der Waals surface area contributed by atoms with Crippen LogP contribution in [0.1, 0.15) is 24.8 Å². The molecule has 2 aliphatic rings. The van der Waals surface area contributed by atoms with Crippen LogP contribution >= 0.6 is 11.8 Å². The van der Waals surface area contributed by atoms with Gasteiger partial charge in [0.25, 0.3) is 0 Å². The van der Waals surface area contributed by atoms with Gasteiger partial charge in [-0.1, -0.05) is 30.0 Å². The lowest BCUT2D eigenvalue weighted by Gasteiger charge is -2.27. The van der Waals surface area contributed by atoms with E-state index < -0.39 is 0 Å². The van der Waals surface area contributed by atoms with Crippen LogP contribution in [0, 0.1) is 0 Å². The van der Waals surface area contributed by atoms with Gasteiger partial charge < -0.3 is 14.1 Å². The highest BCUT2D eigenvalue weighted by atomic mass is 32.2. The zero-order chi connectivity index (χ0) is 18.1. The maximum atomic E-state index is 5.80. The number of hydrogen-bond acceptors (Lipinski definition) is 8. The van der Waals surface area contributed by atoms with Gasteiger partial charge in [0, 0.05) is 24.7 Å². The lowest BCUT2D eigenvalue weighted by Crippen LogP contribution is -2.38. The fourth-order valence-electron chi connectivity index (χ4n) is 3.13. The predicted octanol–water partition coefficient (Wildman–Crippen LogP) is 2.79. The van der Waals surface area contributed by atoms with Crippen molar-refractivity contribution >= 4 is 17.7 Å². The van der Waals surface area contributed by atoms with E-state index >= 15 is 0 Å². The standard InChI is InChI=1S/C18H20N6O2S/c1-2-4-13(5-3-1)16-20-19-15(26-16)12-27-18-22-21-17(24(18)14-6-7-14)23-8-10-25-11-9-23/h1-5,14H,6-12H2. The van der Waals surface area contributed by atoms with Crippen molar-refractivity contribution in [3.05, 3.63) is 36.2 Å². The lowest BCUT2D eigenvalue weighted by atomic mass is 10.2. The summed E-state index contributed by atoms with van der Waals surface area (Å²) in [7, 11) is 0. The molecule has 0 unspecified atom stereocenters. The number of nitrogens with zero attached hydrogens (tertiary/aromatic N) is 6. The third-order valence-electron chi connectivity index (χ3n) is 4.66. The number of rotatable bonds is 6. The van der Waals surface area contributed by atoms with Crippen molar-refractivity contribution in [2.24, 2.45) is 0 Å². The van der Waals surface area contributed by atoms with Gasteiger partial charge in [0.05, 0.1) is 19.0 Å². The highest BCUT2D eigenvalue weighted by molar-refractivity contribution is 7.98. The van der Waals surface area contributed by atoms with E-state index in [4.69, 9.17) is 9.15 Å². The maximum absolute atomic E-state index is 5.80. The molecule has 3 aromatic rings. The second-order valence-corrected chi connectivity index (χ2v) is 7.58. The molecule has 9 heteroatoms. The molecular formula is C18H20N6O2S. The summed E-state index contributed by atoms with van der Waals surface area (Å²) >= 11 is 1.60. The number of morpholine rings is 1. The van der Waals surface area contributed by atoms with Crippen LogP contribution in [-0.2, 0) is 10.5 Å². The van der Waals surface area contributed by atoms with Gasteiger partial charge in [0.1, 0.15) is 0 Å². The highest BCUT2D eigenvalue weighted by Gasteiger charge is 2.32. The normalized spacial score (nSPS) is 17.4. The van der Waals surface area contributed by atoms with E-state index in [-0.39, 0.29) is 0 Å². The van der Waals surface area contributed by atoms with Crippen LogP contribution in [0.4, 0.5) is 5.95 Å². The van der Waals surface area contributed by atoms with Crippen molar-refractivity contribution < 1.29 is 9.15 Å². The van der Waals surface area contributed by atoms with Gasteiger partial charge in [-0.25, -0.2) is 0 Å². The average Bonchev–Trinajstić information content (AvgIpc) is 3.30. The Morgan fingerprint density at radius 2 is 1.81 bits per heavy atom. The minimum Gasteiger partial charge on any atom is -0.420 e. The van der Waals surface area contributed by atoms with Crippen molar-refractivity contribution in [1.82, 2.24) is 25.0 Å². The van der Waals surface area contributed by atoms with Gasteiger partial charge in [-0.2, -0.15) is 0 Å². The molecule has 0 amide bonds. The summed E-state index contributed by atoms with van der Waals surface area (Å²) in [5.74, 6) is 2.67. The Morgan fingerprint density at radius 3 is 2.59 bits per heavy atom. The van der Waals surface area contributed by atoms with Crippen LogP contribution in [0.2, 0.25) is 0 Å². The second kappa shape index (κ2) is 7.32. The van der Waals surface area contributed by atoms with Crippen molar-refractivity contribution in [2.75, 3.05) is 31.2 Å². The summed E-state index contributed by atoms with van der Waals surface area (Å²) < 4.78 is 13.5. The number of thioether (sulfide) groups is 1. The number of benzene rings is 1. The monoisotopic (exact) mass is 384 g/mol. The molecule has 2 fully saturated rings. The zero-order valence-corrected chi connectivity index (χ0v) is 15.6. The quantitative estimate of drug-likeness (QED) is 0.600. The molecule has 3 heterocycles. The van der Waals surface area contributed by atoms with Crippen LogP contribution in [0.3, 0.4) is 0 Å². The summed E-state index contributed by atoms with van der Waals surface area (Å²) in [5.41, 5.74) is 0.928. The van der Waals surface area contributed by atoms with E-state index in [1.54, 1.807) is 11.8 Å². The van der Waals surface area contributed by atoms with E-state index in [1.807, 2.05) is 30.3 Å². The first-order chi connectivity index (χ1) is 13.4. The molecule has 1 aromatic carbocycles. The largest absolute Gasteiger partial charge is 0.420 e. The summed E-state index contributed by atoms with van der Waals surface area (Å²) in [5, 5.41) is 18.1. The SMILES string of the molecule is c1ccc(-c2nnc(CSc3nnc(N4CCOCC4)n3C3CC3)o2)cc1. The Labute approximate surface area is 160 Å². The minimum absolute atomic E-state index is 0.503. The van der Waals surface area contributed by atoms with Crippen molar-refractivity contribution in [2.45, 2.75) is 29.8 Å². The molecule has 1 saturated heterocycles. The third-order valence-corrected chi connectivity index (χ3v) is 5.59. The smallest absolute Gasteiger partial charge is 0.247 e. The van der Waals surface area contributed by atoms with Crippen molar-refractivity contribution in [3.8, 4) is 11.5 Å². The molecule has 27 heavy (non-hydrogen) atoms. The Balaban J connectivity index is 1.31. The van der Waals surface area contributed by atoms with Gasteiger partial charge >= 0.3 is 0 Å². The molecular weight excluding hydrogens is 364 g/mol. The molecule has 0 bridgehead atoms. The van der Waals surface area contributed by atoms with E-state index in [1.165, 1.54) is 12.8 Å². The average molecular weight is 384 g/mol. The second-order valence-electron chi connectivity index (χ2n) is 6.64. The van der Waals surface area contributed by atoms with Crippen molar-refractivity contribution in [3.63, 3.8) is 0 Å². The van der Waals surface area contributed by atoms with Crippen LogP contribution in [0.15, 0.2) is 39.9 Å². The molecule has 5 rings (SSSR count). The van der Waals surface area contributed by atoms with Crippen LogP contribution in [-0.4, -0.2) is 51.3 Å². The molecule has 1 aliphatic carbocycles. The summed E-state index contributed by atoms with van der Waals surface area (Å²) in [4.78, 5) is 2.26. The van der Waals surface area contributed by atoms with Gasteiger partial charge in [0.2, 0.25) is 17.7 Å². The number of anilines is 1. The van der Waals surface area contributed by atoms with Gasteiger partial charge in [0.15, 0.2) is 5.16 Å². The Kier molecular flexibility index (Phi) is 4.54. The number of ether oxygens (including phenoxy) is 1. The summed E-state index contributed by atoms with van der Waals surface area (Å²) in [6.45, 7) is 3.20. The first kappa shape index (κ1) is 16.8. The minimum atomic E-state index is 0.503. The molecule has 2 aromatic heterocycles. The van der Waals surface area contributed by atoms with Gasteiger partial charge in [-0.05, 0) is 25.0 Å². The first-order valence-electron chi connectivity index (χ1n) is 9.17. The number of hydrogen-bond donors (Lipinski definition) is 0. The van der Waals surface area contributed by atoms with Gasteiger partial charge in [-0.3, -0.25) is 4.57 Å². The topological polar surface area (TPSA) is 82.1 Å². The fourth-order valence-corrected chi connectivity index (χ4v) is 3.97. The lowest BCUT2D eigenvalue weighted by molar-refractivity contribution is 0.121. The first-order valence-corrected chi connectivity index (χ1v) is 10.2. The van der Waals surface area contributed by atoms with Gasteiger partial charge in [-0.15, -0.1) is 20.4 Å². The molecule has 1 saturated carbocycles. The molecule has 0 atom stereocenters. The van der Waals surface area contributed by atoms with Crippen molar-refractivity contribution in [1.29, 1.82) is 0 Å². The molecule has 140 valence electrons. The van der Waals surface area contributed by atoms with E-state index in [2.05, 4.69) is 29.9 Å². The highest BCUT2D eigenvalue weighted by Crippen LogP contribution is 2.41. The maximum Gasteiger partial charge on any atom is 0.247 e. The van der Waals surface area contributed by atoms with Crippen LogP contribution in [0.25, 0.3) is 11.5 Å². The van der Waals surface area contributed by atoms with E-state index in [0.29, 0.717) is 23.6 Å².